The number of aromatic nitrogens is 2. The highest BCUT2D eigenvalue weighted by molar-refractivity contribution is 8.00. The first-order valence-electron chi connectivity index (χ1n) is 6.73. The molecule has 0 saturated heterocycles. The molecular formula is C14H16F3N3O2S. The van der Waals surface area contributed by atoms with Gasteiger partial charge in [-0.2, -0.15) is 13.2 Å². The molecule has 2 N–H and O–H groups in total. The molecule has 1 heterocycles. The van der Waals surface area contributed by atoms with E-state index < -0.39 is 17.2 Å². The first-order valence-corrected chi connectivity index (χ1v) is 7.55. The van der Waals surface area contributed by atoms with Crippen LogP contribution in [0.4, 0.5) is 18.0 Å². The Hall–Kier alpha value is -1.90. The molecule has 0 aliphatic heterocycles. The predicted octanol–water partition coefficient (Wildman–Crippen LogP) is 4.20. The van der Waals surface area contributed by atoms with E-state index in [1.165, 1.54) is 18.2 Å². The third-order valence-electron chi connectivity index (χ3n) is 2.54. The third-order valence-corrected chi connectivity index (χ3v) is 3.26. The number of hydrogen-bond acceptors (Lipinski definition) is 4. The average Bonchev–Trinajstić information content (AvgIpc) is 2.74. The molecule has 0 radical (unpaired) electrons. The van der Waals surface area contributed by atoms with Crippen molar-refractivity contribution >= 4 is 28.9 Å². The minimum absolute atomic E-state index is 0.0697. The quantitative estimate of drug-likeness (QED) is 0.817. The van der Waals surface area contributed by atoms with Gasteiger partial charge in [0.05, 0.1) is 17.6 Å². The van der Waals surface area contributed by atoms with Gasteiger partial charge in [-0.3, -0.25) is 0 Å². The van der Waals surface area contributed by atoms with Crippen LogP contribution >= 0.6 is 11.8 Å². The minimum Gasteiger partial charge on any atom is -0.444 e. The van der Waals surface area contributed by atoms with Crippen LogP contribution in [0.1, 0.15) is 26.6 Å². The number of imidazole rings is 1. The van der Waals surface area contributed by atoms with Gasteiger partial charge in [-0.25, -0.2) is 9.78 Å². The van der Waals surface area contributed by atoms with E-state index >= 15 is 0 Å². The molecule has 23 heavy (non-hydrogen) atoms. The maximum Gasteiger partial charge on any atom is 0.446 e. The number of ether oxygens (including phenoxy) is 1. The summed E-state index contributed by atoms with van der Waals surface area (Å²) in [7, 11) is 0. The highest BCUT2D eigenvalue weighted by atomic mass is 32.2. The molecule has 0 bridgehead atoms. The molecule has 2 aromatic rings. The SMILES string of the molecule is CC(C)(C)OC(=O)NCc1nc2ccc(SC(F)(F)F)cc2[nH]1. The third kappa shape index (κ3) is 5.66. The number of aromatic amines is 1. The Labute approximate surface area is 135 Å². The number of thioether (sulfide) groups is 1. The van der Waals surface area contributed by atoms with Crippen molar-refractivity contribution in [3.05, 3.63) is 24.0 Å². The summed E-state index contributed by atoms with van der Waals surface area (Å²) in [6.45, 7) is 5.32. The molecule has 126 valence electrons. The molecule has 0 aliphatic rings. The smallest absolute Gasteiger partial charge is 0.444 e. The number of nitrogens with one attached hydrogen (secondary N) is 2. The van der Waals surface area contributed by atoms with Gasteiger partial charge >= 0.3 is 11.6 Å². The van der Waals surface area contributed by atoms with Crippen molar-refractivity contribution < 1.29 is 22.7 Å². The normalized spacial score (nSPS) is 12.4. The van der Waals surface area contributed by atoms with E-state index in [9.17, 15) is 18.0 Å². The first-order chi connectivity index (χ1) is 10.5. The number of rotatable bonds is 3. The highest BCUT2D eigenvalue weighted by Gasteiger charge is 2.29. The molecule has 1 aromatic heterocycles. The lowest BCUT2D eigenvalue weighted by molar-refractivity contribution is -0.0328. The van der Waals surface area contributed by atoms with Gasteiger partial charge in [0.25, 0.3) is 0 Å². The van der Waals surface area contributed by atoms with Crippen molar-refractivity contribution in [1.29, 1.82) is 0 Å². The number of H-pyrrole nitrogens is 1. The van der Waals surface area contributed by atoms with Gasteiger partial charge in [0.15, 0.2) is 0 Å². The second-order valence-electron chi connectivity index (χ2n) is 5.77. The number of nitrogens with zero attached hydrogens (tertiary/aromatic N) is 1. The number of hydrogen-bond donors (Lipinski definition) is 2. The maximum absolute atomic E-state index is 12.4. The summed E-state index contributed by atoms with van der Waals surface area (Å²) in [6, 6.07) is 4.22. The van der Waals surface area contributed by atoms with E-state index in [-0.39, 0.29) is 23.2 Å². The summed E-state index contributed by atoms with van der Waals surface area (Å²) in [5.74, 6) is 0.431. The van der Waals surface area contributed by atoms with Gasteiger partial charge < -0.3 is 15.0 Å². The van der Waals surface area contributed by atoms with E-state index in [1.54, 1.807) is 20.8 Å². The molecule has 0 saturated carbocycles. The zero-order chi connectivity index (χ0) is 17.3. The second kappa shape index (κ2) is 6.31. The number of halogens is 3. The van der Waals surface area contributed by atoms with E-state index in [0.29, 0.717) is 16.9 Å². The molecule has 2 rings (SSSR count). The van der Waals surface area contributed by atoms with Crippen LogP contribution in [0.2, 0.25) is 0 Å². The Morgan fingerprint density at radius 1 is 1.35 bits per heavy atom. The van der Waals surface area contributed by atoms with Crippen molar-refractivity contribution in [2.75, 3.05) is 0 Å². The van der Waals surface area contributed by atoms with E-state index in [4.69, 9.17) is 4.74 Å². The molecule has 0 fully saturated rings. The Morgan fingerprint density at radius 3 is 2.65 bits per heavy atom. The Morgan fingerprint density at radius 2 is 2.04 bits per heavy atom. The van der Waals surface area contributed by atoms with E-state index in [1.807, 2.05) is 0 Å². The van der Waals surface area contributed by atoms with Crippen molar-refractivity contribution in [2.45, 2.75) is 43.3 Å². The average molecular weight is 347 g/mol. The van der Waals surface area contributed by atoms with Crippen molar-refractivity contribution in [3.8, 4) is 0 Å². The van der Waals surface area contributed by atoms with Gasteiger partial charge in [-0.15, -0.1) is 0 Å². The lowest BCUT2D eigenvalue weighted by Gasteiger charge is -2.19. The standard InChI is InChI=1S/C14H16F3N3O2S/c1-13(2,3)22-12(21)18-7-11-19-9-5-4-8(6-10(9)20-11)23-14(15,16)17/h4-6H,7H2,1-3H3,(H,18,21)(H,19,20). The molecule has 5 nitrogen and oxygen atoms in total. The number of amides is 1. The largest absolute Gasteiger partial charge is 0.446 e. The highest BCUT2D eigenvalue weighted by Crippen LogP contribution is 2.37. The van der Waals surface area contributed by atoms with E-state index in [2.05, 4.69) is 15.3 Å². The lowest BCUT2D eigenvalue weighted by atomic mass is 10.2. The fourth-order valence-electron chi connectivity index (χ4n) is 1.79. The lowest BCUT2D eigenvalue weighted by Crippen LogP contribution is -2.32. The number of benzene rings is 1. The van der Waals surface area contributed by atoms with Crippen LogP contribution in [0.5, 0.6) is 0 Å². The zero-order valence-electron chi connectivity index (χ0n) is 12.7. The Bertz CT molecular complexity index is 707. The van der Waals surface area contributed by atoms with Crippen LogP contribution in [0, 0.1) is 0 Å². The summed E-state index contributed by atoms with van der Waals surface area (Å²) in [4.78, 5) is 18.7. The van der Waals surface area contributed by atoms with Gasteiger partial charge in [0.2, 0.25) is 0 Å². The summed E-state index contributed by atoms with van der Waals surface area (Å²) in [5.41, 5.74) is -3.95. The summed E-state index contributed by atoms with van der Waals surface area (Å²) in [6.07, 6.45) is -0.591. The fraction of sp³-hybridized carbons (Fsp3) is 0.429. The molecule has 1 aromatic carbocycles. The molecule has 0 unspecified atom stereocenters. The topological polar surface area (TPSA) is 67.0 Å². The minimum atomic E-state index is -4.34. The van der Waals surface area contributed by atoms with Crippen LogP contribution in [0.25, 0.3) is 11.0 Å². The molecular weight excluding hydrogens is 331 g/mol. The Balaban J connectivity index is 2.04. The van der Waals surface area contributed by atoms with Crippen LogP contribution in [-0.4, -0.2) is 27.2 Å². The van der Waals surface area contributed by atoms with Crippen LogP contribution in [-0.2, 0) is 11.3 Å². The van der Waals surface area contributed by atoms with Crippen molar-refractivity contribution in [2.24, 2.45) is 0 Å². The molecule has 0 atom stereocenters. The van der Waals surface area contributed by atoms with Gasteiger partial charge in [-0.05, 0) is 50.7 Å². The maximum atomic E-state index is 12.4. The van der Waals surface area contributed by atoms with Crippen LogP contribution in [0.15, 0.2) is 23.1 Å². The van der Waals surface area contributed by atoms with Crippen LogP contribution in [0.3, 0.4) is 0 Å². The predicted molar refractivity (Wildman–Crippen MR) is 81.1 cm³/mol. The molecule has 9 heteroatoms. The van der Waals surface area contributed by atoms with Gasteiger partial charge in [0.1, 0.15) is 11.4 Å². The number of carbonyl (C=O) groups excluding carboxylic acids is 1. The number of fused-ring (bicyclic) bond motifs is 1. The van der Waals surface area contributed by atoms with Gasteiger partial charge in [0, 0.05) is 4.90 Å². The summed E-state index contributed by atoms with van der Waals surface area (Å²) < 4.78 is 42.2. The zero-order valence-corrected chi connectivity index (χ0v) is 13.6. The molecule has 0 spiro atoms. The molecule has 1 amide bonds. The van der Waals surface area contributed by atoms with E-state index in [0.717, 1.165) is 0 Å². The number of alkyl carbamates (subject to hydrolysis) is 1. The monoisotopic (exact) mass is 347 g/mol. The number of alkyl halides is 3. The van der Waals surface area contributed by atoms with Crippen LogP contribution < -0.4 is 5.32 Å². The second-order valence-corrected chi connectivity index (χ2v) is 6.90. The first kappa shape index (κ1) is 17.5. The van der Waals surface area contributed by atoms with Crippen molar-refractivity contribution in [1.82, 2.24) is 15.3 Å². The number of carbonyl (C=O) groups is 1. The van der Waals surface area contributed by atoms with Crippen molar-refractivity contribution in [3.63, 3.8) is 0 Å². The molecule has 0 aliphatic carbocycles. The Kier molecular flexibility index (Phi) is 4.79. The van der Waals surface area contributed by atoms with Gasteiger partial charge in [-0.1, -0.05) is 0 Å². The summed E-state index contributed by atoms with van der Waals surface area (Å²) in [5, 5.41) is 2.53. The fourth-order valence-corrected chi connectivity index (χ4v) is 2.37. The summed E-state index contributed by atoms with van der Waals surface area (Å²) >= 11 is -0.188.